The maximum absolute atomic E-state index is 5.99. The van der Waals surface area contributed by atoms with Gasteiger partial charge in [0.15, 0.2) is 5.82 Å². The van der Waals surface area contributed by atoms with Gasteiger partial charge in [0.05, 0.1) is 0 Å². The minimum atomic E-state index is 0.275. The van der Waals surface area contributed by atoms with Crippen LogP contribution in [0.25, 0.3) is 11.4 Å². The first kappa shape index (κ1) is 14.5. The van der Waals surface area contributed by atoms with Gasteiger partial charge in [-0.25, -0.2) is 0 Å². The van der Waals surface area contributed by atoms with Gasteiger partial charge in [0.25, 0.3) is 0 Å². The molecule has 3 N–H and O–H groups in total. The third-order valence-electron chi connectivity index (χ3n) is 4.14. The predicted octanol–water partition coefficient (Wildman–Crippen LogP) is 2.80. The molecule has 2 aromatic rings. The van der Waals surface area contributed by atoms with Crippen LogP contribution in [0.15, 0.2) is 28.7 Å². The molecule has 1 unspecified atom stereocenters. The molecule has 1 fully saturated rings. The molecule has 3 rings (SSSR count). The second kappa shape index (κ2) is 6.15. The monoisotopic (exact) mass is 349 g/mol. The summed E-state index contributed by atoms with van der Waals surface area (Å²) in [7, 11) is 0. The van der Waals surface area contributed by atoms with E-state index in [2.05, 4.69) is 42.9 Å². The number of benzene rings is 1. The van der Waals surface area contributed by atoms with Gasteiger partial charge in [0, 0.05) is 29.2 Å². The molecule has 6 heteroatoms. The maximum Gasteiger partial charge on any atom is 0.245 e. The molecule has 5 nitrogen and oxygen atoms in total. The molecule has 21 heavy (non-hydrogen) atoms. The highest BCUT2D eigenvalue weighted by Crippen LogP contribution is 2.25. The van der Waals surface area contributed by atoms with Crippen LogP contribution < -0.4 is 10.6 Å². The molecule has 1 aromatic heterocycles. The molecule has 0 radical (unpaired) electrons. The van der Waals surface area contributed by atoms with Crippen LogP contribution >= 0.6 is 15.9 Å². The molecular weight excluding hydrogens is 330 g/mol. The zero-order valence-corrected chi connectivity index (χ0v) is 13.7. The SMILES string of the molecule is CC(N)C1CCN(c2n[nH]c(-c3cccc(Br)c3)n2)CC1. The van der Waals surface area contributed by atoms with Crippen LogP contribution in [-0.4, -0.2) is 34.3 Å². The van der Waals surface area contributed by atoms with E-state index in [0.29, 0.717) is 5.92 Å². The Hall–Kier alpha value is -1.40. The highest BCUT2D eigenvalue weighted by atomic mass is 79.9. The molecule has 0 spiro atoms. The van der Waals surface area contributed by atoms with Crippen molar-refractivity contribution in [1.29, 1.82) is 0 Å². The fourth-order valence-electron chi connectivity index (χ4n) is 2.78. The zero-order chi connectivity index (χ0) is 14.8. The van der Waals surface area contributed by atoms with Crippen LogP contribution in [0.2, 0.25) is 0 Å². The molecule has 2 heterocycles. The number of nitrogens with one attached hydrogen (secondary N) is 1. The summed E-state index contributed by atoms with van der Waals surface area (Å²) in [6, 6.07) is 8.33. The van der Waals surface area contributed by atoms with Crippen molar-refractivity contribution < 1.29 is 0 Å². The first-order chi connectivity index (χ1) is 10.1. The van der Waals surface area contributed by atoms with Gasteiger partial charge in [-0.15, -0.1) is 5.10 Å². The lowest BCUT2D eigenvalue weighted by Crippen LogP contribution is -2.40. The van der Waals surface area contributed by atoms with E-state index in [4.69, 9.17) is 5.73 Å². The van der Waals surface area contributed by atoms with Gasteiger partial charge in [-0.2, -0.15) is 4.98 Å². The molecule has 0 amide bonds. The molecule has 1 aliphatic heterocycles. The molecule has 1 aliphatic rings. The third kappa shape index (κ3) is 3.27. The smallest absolute Gasteiger partial charge is 0.245 e. The Kier molecular flexibility index (Phi) is 4.26. The molecule has 112 valence electrons. The molecule has 1 aromatic carbocycles. The summed E-state index contributed by atoms with van der Waals surface area (Å²) in [5.74, 6) is 2.21. The standard InChI is InChI=1S/C15H20BrN5/c1-10(17)11-5-7-21(8-6-11)15-18-14(19-20-15)12-3-2-4-13(16)9-12/h2-4,9-11H,5-8,17H2,1H3,(H,18,19,20). The first-order valence-electron chi connectivity index (χ1n) is 7.32. The lowest BCUT2D eigenvalue weighted by Gasteiger charge is -2.32. The van der Waals surface area contributed by atoms with E-state index in [1.54, 1.807) is 0 Å². The van der Waals surface area contributed by atoms with Crippen molar-refractivity contribution in [1.82, 2.24) is 15.2 Å². The summed E-state index contributed by atoms with van der Waals surface area (Å²) in [6.07, 6.45) is 2.22. The number of aromatic amines is 1. The van der Waals surface area contributed by atoms with E-state index in [-0.39, 0.29) is 6.04 Å². The summed E-state index contributed by atoms with van der Waals surface area (Å²) in [5, 5.41) is 7.39. The van der Waals surface area contributed by atoms with Gasteiger partial charge >= 0.3 is 0 Å². The number of aromatic nitrogens is 3. The van der Waals surface area contributed by atoms with E-state index in [1.165, 1.54) is 0 Å². The van der Waals surface area contributed by atoms with Gasteiger partial charge in [0.1, 0.15) is 0 Å². The average molecular weight is 350 g/mol. The average Bonchev–Trinajstić information content (AvgIpc) is 2.97. The predicted molar refractivity (Wildman–Crippen MR) is 88.1 cm³/mol. The number of H-pyrrole nitrogens is 1. The van der Waals surface area contributed by atoms with E-state index in [9.17, 15) is 0 Å². The number of halogens is 1. The van der Waals surface area contributed by atoms with Crippen LogP contribution in [0.5, 0.6) is 0 Å². The highest BCUT2D eigenvalue weighted by molar-refractivity contribution is 9.10. The van der Waals surface area contributed by atoms with Crippen molar-refractivity contribution in [2.75, 3.05) is 18.0 Å². The van der Waals surface area contributed by atoms with Crippen molar-refractivity contribution in [3.8, 4) is 11.4 Å². The molecule has 1 atom stereocenters. The fourth-order valence-corrected chi connectivity index (χ4v) is 3.18. The van der Waals surface area contributed by atoms with E-state index in [0.717, 1.165) is 47.7 Å². The van der Waals surface area contributed by atoms with E-state index in [1.807, 2.05) is 24.3 Å². The van der Waals surface area contributed by atoms with Gasteiger partial charge in [-0.05, 0) is 37.8 Å². The molecule has 0 aliphatic carbocycles. The lowest BCUT2D eigenvalue weighted by molar-refractivity contribution is 0.352. The molecule has 1 saturated heterocycles. The Bertz CT molecular complexity index is 602. The minimum Gasteiger partial charge on any atom is -0.340 e. The zero-order valence-electron chi connectivity index (χ0n) is 12.1. The van der Waals surface area contributed by atoms with Gasteiger partial charge < -0.3 is 10.6 Å². The lowest BCUT2D eigenvalue weighted by atomic mass is 9.91. The number of nitrogens with zero attached hydrogens (tertiary/aromatic N) is 3. The summed E-state index contributed by atoms with van der Waals surface area (Å²) in [6.45, 7) is 4.04. The largest absolute Gasteiger partial charge is 0.340 e. The Labute approximate surface area is 133 Å². The van der Waals surface area contributed by atoms with Crippen LogP contribution in [0.1, 0.15) is 19.8 Å². The van der Waals surface area contributed by atoms with Crippen LogP contribution in [-0.2, 0) is 0 Å². The van der Waals surface area contributed by atoms with Crippen LogP contribution in [0, 0.1) is 5.92 Å². The molecule has 0 bridgehead atoms. The van der Waals surface area contributed by atoms with Gasteiger partial charge in [-0.1, -0.05) is 28.1 Å². The van der Waals surface area contributed by atoms with E-state index < -0.39 is 0 Å². The number of piperidine rings is 1. The summed E-state index contributed by atoms with van der Waals surface area (Å²) >= 11 is 3.48. The number of anilines is 1. The number of rotatable bonds is 3. The quantitative estimate of drug-likeness (QED) is 0.893. The molecular formula is C15H20BrN5. The Morgan fingerprint density at radius 3 is 2.81 bits per heavy atom. The number of nitrogens with two attached hydrogens (primary N) is 1. The summed E-state index contributed by atoms with van der Waals surface area (Å²) in [5.41, 5.74) is 7.02. The summed E-state index contributed by atoms with van der Waals surface area (Å²) < 4.78 is 1.04. The minimum absolute atomic E-state index is 0.275. The van der Waals surface area contributed by atoms with Gasteiger partial charge in [-0.3, -0.25) is 5.10 Å². The van der Waals surface area contributed by atoms with Crippen molar-refractivity contribution in [2.45, 2.75) is 25.8 Å². The van der Waals surface area contributed by atoms with Crippen molar-refractivity contribution >= 4 is 21.9 Å². The topological polar surface area (TPSA) is 70.8 Å². The fraction of sp³-hybridized carbons (Fsp3) is 0.467. The van der Waals surface area contributed by atoms with Crippen molar-refractivity contribution in [2.24, 2.45) is 11.7 Å². The second-order valence-electron chi connectivity index (χ2n) is 5.68. The van der Waals surface area contributed by atoms with Crippen LogP contribution in [0.3, 0.4) is 0 Å². The van der Waals surface area contributed by atoms with Crippen molar-refractivity contribution in [3.63, 3.8) is 0 Å². The van der Waals surface area contributed by atoms with E-state index >= 15 is 0 Å². The Morgan fingerprint density at radius 1 is 1.38 bits per heavy atom. The Balaban J connectivity index is 1.71. The summed E-state index contributed by atoms with van der Waals surface area (Å²) in [4.78, 5) is 6.86. The van der Waals surface area contributed by atoms with Crippen LogP contribution in [0.4, 0.5) is 5.95 Å². The highest BCUT2D eigenvalue weighted by Gasteiger charge is 2.24. The maximum atomic E-state index is 5.99. The first-order valence-corrected chi connectivity index (χ1v) is 8.11. The molecule has 0 saturated carbocycles. The number of hydrogen-bond acceptors (Lipinski definition) is 4. The normalized spacial score (nSPS) is 18.0. The van der Waals surface area contributed by atoms with Gasteiger partial charge in [0.2, 0.25) is 5.95 Å². The number of hydrogen-bond donors (Lipinski definition) is 2. The second-order valence-corrected chi connectivity index (χ2v) is 6.59. The third-order valence-corrected chi connectivity index (χ3v) is 4.63. The Morgan fingerprint density at radius 2 is 2.14 bits per heavy atom. The van der Waals surface area contributed by atoms with Crippen molar-refractivity contribution in [3.05, 3.63) is 28.7 Å².